The van der Waals surface area contributed by atoms with Crippen molar-refractivity contribution in [1.82, 2.24) is 15.5 Å². The summed E-state index contributed by atoms with van der Waals surface area (Å²) in [7, 11) is 1.49. The molecule has 28 heavy (non-hydrogen) atoms. The minimum absolute atomic E-state index is 0.290. The number of carbonyl (C=O) groups is 2. The summed E-state index contributed by atoms with van der Waals surface area (Å²) in [5, 5.41) is 21.5. The molecular weight excluding hydrogens is 360 g/mol. The van der Waals surface area contributed by atoms with Crippen LogP contribution in [0.4, 0.5) is 5.82 Å². The van der Waals surface area contributed by atoms with Gasteiger partial charge in [0.25, 0.3) is 11.8 Å². The first-order valence-electron chi connectivity index (χ1n) is 8.58. The molecule has 0 radical (unpaired) electrons. The van der Waals surface area contributed by atoms with Gasteiger partial charge >= 0.3 is 0 Å². The van der Waals surface area contributed by atoms with Gasteiger partial charge in [-0.25, -0.2) is 0 Å². The van der Waals surface area contributed by atoms with Crippen molar-refractivity contribution < 1.29 is 19.4 Å². The van der Waals surface area contributed by atoms with Crippen LogP contribution in [0.3, 0.4) is 0 Å². The van der Waals surface area contributed by atoms with Crippen molar-refractivity contribution in [1.29, 1.82) is 0 Å². The molecule has 3 aromatic rings. The van der Waals surface area contributed by atoms with Gasteiger partial charge < -0.3 is 20.5 Å². The average molecular weight is 380 g/mol. The number of nitrogens with one attached hydrogen (secondary N) is 3. The predicted molar refractivity (Wildman–Crippen MR) is 104 cm³/mol. The van der Waals surface area contributed by atoms with E-state index in [9.17, 15) is 14.7 Å². The van der Waals surface area contributed by atoms with E-state index in [1.54, 1.807) is 30.3 Å². The molecule has 0 saturated carbocycles. The monoisotopic (exact) mass is 380 g/mol. The molecular formula is C20H20N4O4. The van der Waals surface area contributed by atoms with Crippen molar-refractivity contribution >= 4 is 17.6 Å². The van der Waals surface area contributed by atoms with Gasteiger partial charge in [0.15, 0.2) is 5.82 Å². The number of aromatic nitrogens is 2. The number of ether oxygens (including phenoxy) is 1. The van der Waals surface area contributed by atoms with E-state index in [4.69, 9.17) is 4.74 Å². The second kappa shape index (κ2) is 8.83. The fourth-order valence-electron chi connectivity index (χ4n) is 2.56. The number of rotatable bonds is 7. The average Bonchev–Trinajstić information content (AvgIpc) is 3.20. The zero-order chi connectivity index (χ0) is 19.9. The minimum Gasteiger partial charge on any atom is -0.497 e. The third kappa shape index (κ3) is 4.54. The lowest BCUT2D eigenvalue weighted by Crippen LogP contribution is -2.46. The number of hydrogen-bond donors (Lipinski definition) is 4. The summed E-state index contributed by atoms with van der Waals surface area (Å²) in [4.78, 5) is 24.8. The summed E-state index contributed by atoms with van der Waals surface area (Å²) in [6.07, 6.45) is 0. The lowest BCUT2D eigenvalue weighted by Gasteiger charge is -2.15. The number of amides is 2. The van der Waals surface area contributed by atoms with Gasteiger partial charge in [-0.15, -0.1) is 0 Å². The fraction of sp³-hybridized carbons (Fsp3) is 0.150. The molecule has 0 aliphatic heterocycles. The van der Waals surface area contributed by atoms with Crippen molar-refractivity contribution in [3.8, 4) is 17.0 Å². The van der Waals surface area contributed by atoms with Crippen LogP contribution in [-0.2, 0) is 4.79 Å². The Hall–Kier alpha value is -3.65. The van der Waals surface area contributed by atoms with Crippen LogP contribution < -0.4 is 15.4 Å². The van der Waals surface area contributed by atoms with E-state index in [-0.39, 0.29) is 5.82 Å². The highest BCUT2D eigenvalue weighted by molar-refractivity contribution is 6.01. The summed E-state index contributed by atoms with van der Waals surface area (Å²) in [6, 6.07) is 16.5. The molecule has 144 valence electrons. The van der Waals surface area contributed by atoms with Crippen LogP contribution in [0.15, 0.2) is 60.7 Å². The van der Waals surface area contributed by atoms with E-state index < -0.39 is 24.5 Å². The molecule has 0 aliphatic carbocycles. The Labute approximate surface area is 161 Å². The maximum atomic E-state index is 12.4. The Morgan fingerprint density at radius 1 is 1.14 bits per heavy atom. The number of carbonyl (C=O) groups excluding carboxylic acids is 2. The van der Waals surface area contributed by atoms with Crippen molar-refractivity contribution in [3.63, 3.8) is 0 Å². The topological polar surface area (TPSA) is 116 Å². The summed E-state index contributed by atoms with van der Waals surface area (Å²) in [6.45, 7) is -0.558. The second-order valence-electron chi connectivity index (χ2n) is 5.96. The first kappa shape index (κ1) is 19.1. The zero-order valence-electron chi connectivity index (χ0n) is 15.2. The van der Waals surface area contributed by atoms with Crippen molar-refractivity contribution in [3.05, 3.63) is 66.2 Å². The number of aromatic amines is 1. The van der Waals surface area contributed by atoms with Crippen LogP contribution in [0.5, 0.6) is 5.75 Å². The Balaban J connectivity index is 1.65. The van der Waals surface area contributed by atoms with E-state index in [2.05, 4.69) is 20.8 Å². The highest BCUT2D eigenvalue weighted by Crippen LogP contribution is 2.19. The Kier molecular flexibility index (Phi) is 6.03. The summed E-state index contributed by atoms with van der Waals surface area (Å²) >= 11 is 0. The lowest BCUT2D eigenvalue weighted by molar-refractivity contribution is -0.118. The van der Waals surface area contributed by atoms with E-state index in [1.165, 1.54) is 7.11 Å². The van der Waals surface area contributed by atoms with Crippen LogP contribution in [0.2, 0.25) is 0 Å². The molecule has 0 bridgehead atoms. The second-order valence-corrected chi connectivity index (χ2v) is 5.96. The highest BCUT2D eigenvalue weighted by Gasteiger charge is 2.22. The number of aliphatic hydroxyl groups is 1. The first-order valence-corrected chi connectivity index (χ1v) is 8.58. The Bertz CT molecular complexity index is 956. The summed E-state index contributed by atoms with van der Waals surface area (Å²) in [5.74, 6) is -0.273. The lowest BCUT2D eigenvalue weighted by atomic mass is 10.1. The number of benzene rings is 2. The molecule has 3 rings (SSSR count). The van der Waals surface area contributed by atoms with Crippen LogP contribution in [0, 0.1) is 0 Å². The van der Waals surface area contributed by atoms with Gasteiger partial charge in [0.1, 0.15) is 11.8 Å². The molecule has 1 atom stereocenters. The highest BCUT2D eigenvalue weighted by atomic mass is 16.5. The maximum Gasteiger partial charge on any atom is 0.252 e. The maximum absolute atomic E-state index is 12.4. The third-order valence-corrected chi connectivity index (χ3v) is 4.05. The number of nitrogens with zero attached hydrogens (tertiary/aromatic N) is 1. The van der Waals surface area contributed by atoms with Crippen molar-refractivity contribution in [2.75, 3.05) is 19.0 Å². The van der Waals surface area contributed by atoms with Gasteiger partial charge in [-0.1, -0.05) is 36.4 Å². The van der Waals surface area contributed by atoms with E-state index in [0.29, 0.717) is 11.3 Å². The number of H-pyrrole nitrogens is 1. The third-order valence-electron chi connectivity index (χ3n) is 4.05. The Morgan fingerprint density at radius 3 is 2.64 bits per heavy atom. The molecule has 0 saturated heterocycles. The van der Waals surface area contributed by atoms with Crippen LogP contribution in [-0.4, -0.2) is 46.9 Å². The summed E-state index contributed by atoms with van der Waals surface area (Å²) < 4.78 is 5.08. The molecule has 1 aromatic heterocycles. The molecule has 4 N–H and O–H groups in total. The molecule has 2 aromatic carbocycles. The molecule has 0 fully saturated rings. The Morgan fingerprint density at radius 2 is 1.93 bits per heavy atom. The predicted octanol–water partition coefficient (Wildman–Crippen LogP) is 1.81. The number of anilines is 1. The molecule has 2 amide bonds. The molecule has 8 heteroatoms. The van der Waals surface area contributed by atoms with Crippen LogP contribution in [0.1, 0.15) is 10.4 Å². The van der Waals surface area contributed by atoms with Crippen molar-refractivity contribution in [2.24, 2.45) is 0 Å². The molecule has 0 spiro atoms. The number of hydrogen-bond acceptors (Lipinski definition) is 5. The number of aliphatic hydroxyl groups excluding tert-OH is 1. The van der Waals surface area contributed by atoms with Gasteiger partial charge in [0.2, 0.25) is 0 Å². The number of methoxy groups -OCH3 is 1. The normalized spacial score (nSPS) is 11.5. The standard InChI is InChI=1S/C20H20N4O4/c1-28-15-9-5-8-14(10-15)19(26)21-17(12-25)20(27)22-18-11-16(23-24-18)13-6-3-2-4-7-13/h2-11,17,25H,12H2,1H3,(H,21,26)(H2,22,23,24,27). The van der Waals surface area contributed by atoms with E-state index in [0.717, 1.165) is 11.3 Å². The molecule has 1 unspecified atom stereocenters. The largest absolute Gasteiger partial charge is 0.497 e. The zero-order valence-corrected chi connectivity index (χ0v) is 15.2. The minimum atomic E-state index is -1.13. The van der Waals surface area contributed by atoms with E-state index in [1.807, 2.05) is 30.3 Å². The smallest absolute Gasteiger partial charge is 0.252 e. The van der Waals surface area contributed by atoms with Gasteiger partial charge in [-0.2, -0.15) is 5.10 Å². The molecule has 8 nitrogen and oxygen atoms in total. The van der Waals surface area contributed by atoms with Gasteiger partial charge in [0, 0.05) is 11.6 Å². The quantitative estimate of drug-likeness (QED) is 0.499. The fourth-order valence-corrected chi connectivity index (χ4v) is 2.56. The van der Waals surface area contributed by atoms with Crippen LogP contribution >= 0.6 is 0 Å². The summed E-state index contributed by atoms with van der Waals surface area (Å²) in [5.41, 5.74) is 1.97. The molecule has 0 aliphatic rings. The van der Waals surface area contributed by atoms with Gasteiger partial charge in [-0.05, 0) is 23.8 Å². The van der Waals surface area contributed by atoms with Gasteiger partial charge in [-0.3, -0.25) is 14.7 Å². The molecule has 1 heterocycles. The van der Waals surface area contributed by atoms with E-state index >= 15 is 0 Å². The van der Waals surface area contributed by atoms with Crippen LogP contribution in [0.25, 0.3) is 11.3 Å². The SMILES string of the molecule is COc1cccc(C(=O)NC(CO)C(=O)Nc2cc(-c3ccccc3)[nH]n2)c1. The first-order chi connectivity index (χ1) is 13.6. The van der Waals surface area contributed by atoms with Gasteiger partial charge in [0.05, 0.1) is 19.4 Å². The van der Waals surface area contributed by atoms with Crippen molar-refractivity contribution in [2.45, 2.75) is 6.04 Å².